The highest BCUT2D eigenvalue weighted by molar-refractivity contribution is 5.96. The number of phenols is 1. The van der Waals surface area contributed by atoms with Crippen LogP contribution in [0.4, 0.5) is 18.9 Å². The molecule has 4 nitrogen and oxygen atoms in total. The Labute approximate surface area is 136 Å². The SMILES string of the molecule is O=C1CCc2cc(O)ccc2N1Cc1ccc(OC(F)(F)F)cc1. The molecule has 1 amide bonds. The molecule has 0 atom stereocenters. The first-order chi connectivity index (χ1) is 11.3. The molecule has 24 heavy (non-hydrogen) atoms. The Bertz CT molecular complexity index is 757. The van der Waals surface area contributed by atoms with Crippen LogP contribution < -0.4 is 9.64 Å². The van der Waals surface area contributed by atoms with Crippen LogP contribution in [0, 0.1) is 0 Å². The quantitative estimate of drug-likeness (QED) is 0.927. The summed E-state index contributed by atoms with van der Waals surface area (Å²) in [6, 6.07) is 10.2. The Kier molecular flexibility index (Phi) is 4.09. The van der Waals surface area contributed by atoms with Crippen LogP contribution in [-0.4, -0.2) is 17.4 Å². The number of aromatic hydroxyl groups is 1. The molecule has 0 aromatic heterocycles. The summed E-state index contributed by atoms with van der Waals surface area (Å²) < 4.78 is 40.3. The van der Waals surface area contributed by atoms with Crippen LogP contribution in [0.3, 0.4) is 0 Å². The van der Waals surface area contributed by atoms with Crippen LogP contribution >= 0.6 is 0 Å². The number of aryl methyl sites for hydroxylation is 1. The summed E-state index contributed by atoms with van der Waals surface area (Å²) >= 11 is 0. The molecule has 126 valence electrons. The van der Waals surface area contributed by atoms with Crippen molar-refractivity contribution >= 4 is 11.6 Å². The predicted octanol–water partition coefficient (Wildman–Crippen LogP) is 3.77. The maximum absolute atomic E-state index is 12.2. The third-order valence-electron chi connectivity index (χ3n) is 3.76. The van der Waals surface area contributed by atoms with E-state index >= 15 is 0 Å². The summed E-state index contributed by atoms with van der Waals surface area (Å²) in [5.74, 6) is -0.234. The van der Waals surface area contributed by atoms with E-state index in [0.29, 0.717) is 24.1 Å². The van der Waals surface area contributed by atoms with E-state index < -0.39 is 6.36 Å². The van der Waals surface area contributed by atoms with E-state index in [1.807, 2.05) is 0 Å². The van der Waals surface area contributed by atoms with Crippen LogP contribution in [0.2, 0.25) is 0 Å². The van der Waals surface area contributed by atoms with Gasteiger partial charge in [-0.25, -0.2) is 0 Å². The first kappa shape index (κ1) is 16.2. The zero-order valence-electron chi connectivity index (χ0n) is 12.5. The van der Waals surface area contributed by atoms with E-state index in [2.05, 4.69) is 4.74 Å². The van der Waals surface area contributed by atoms with Gasteiger partial charge in [0.1, 0.15) is 11.5 Å². The van der Waals surface area contributed by atoms with Gasteiger partial charge in [0.05, 0.1) is 6.54 Å². The molecule has 0 aliphatic carbocycles. The van der Waals surface area contributed by atoms with E-state index in [9.17, 15) is 23.1 Å². The average Bonchev–Trinajstić information content (AvgIpc) is 2.50. The number of amides is 1. The maximum atomic E-state index is 12.2. The van der Waals surface area contributed by atoms with Crippen LogP contribution in [0.15, 0.2) is 42.5 Å². The number of hydrogen-bond acceptors (Lipinski definition) is 3. The Balaban J connectivity index is 1.80. The molecule has 1 aliphatic heterocycles. The zero-order chi connectivity index (χ0) is 17.3. The Morgan fingerprint density at radius 2 is 1.79 bits per heavy atom. The summed E-state index contributed by atoms with van der Waals surface area (Å²) in [5.41, 5.74) is 2.25. The summed E-state index contributed by atoms with van der Waals surface area (Å²) in [6.45, 7) is 0.239. The normalized spacial score (nSPS) is 14.5. The molecule has 0 bridgehead atoms. The molecule has 0 saturated carbocycles. The van der Waals surface area contributed by atoms with Gasteiger partial charge in [-0.2, -0.15) is 0 Å². The first-order valence-electron chi connectivity index (χ1n) is 7.29. The molecule has 1 aliphatic rings. The van der Waals surface area contributed by atoms with Gasteiger partial charge in [-0.1, -0.05) is 12.1 Å². The minimum Gasteiger partial charge on any atom is -0.508 e. The summed E-state index contributed by atoms with van der Waals surface area (Å²) in [6.07, 6.45) is -3.85. The molecular formula is C17H14F3NO3. The van der Waals surface area contributed by atoms with Gasteiger partial charge >= 0.3 is 6.36 Å². The van der Waals surface area contributed by atoms with E-state index in [-0.39, 0.29) is 24.0 Å². The topological polar surface area (TPSA) is 49.8 Å². The van der Waals surface area contributed by atoms with E-state index in [4.69, 9.17) is 0 Å². The molecule has 2 aromatic rings. The third kappa shape index (κ3) is 3.61. The molecule has 0 spiro atoms. The molecule has 7 heteroatoms. The Morgan fingerprint density at radius 3 is 2.46 bits per heavy atom. The number of alkyl halides is 3. The van der Waals surface area contributed by atoms with Gasteiger partial charge in [0.15, 0.2) is 0 Å². The molecule has 0 fully saturated rings. The Hall–Kier alpha value is -2.70. The van der Waals surface area contributed by atoms with E-state index in [1.54, 1.807) is 17.0 Å². The number of fused-ring (bicyclic) bond motifs is 1. The minimum atomic E-state index is -4.73. The monoisotopic (exact) mass is 337 g/mol. The third-order valence-corrected chi connectivity index (χ3v) is 3.76. The van der Waals surface area contributed by atoms with Gasteiger partial charge in [0.2, 0.25) is 5.91 Å². The summed E-state index contributed by atoms with van der Waals surface area (Å²) in [5, 5.41) is 9.54. The lowest BCUT2D eigenvalue weighted by molar-refractivity contribution is -0.274. The van der Waals surface area contributed by atoms with Crippen molar-refractivity contribution in [2.45, 2.75) is 25.7 Å². The number of halogens is 3. The lowest BCUT2D eigenvalue weighted by atomic mass is 10.00. The van der Waals surface area contributed by atoms with Crippen LogP contribution in [0.25, 0.3) is 0 Å². The van der Waals surface area contributed by atoms with Gasteiger partial charge < -0.3 is 14.7 Å². The number of hydrogen-bond donors (Lipinski definition) is 1. The van der Waals surface area contributed by atoms with Gasteiger partial charge in [0, 0.05) is 12.1 Å². The van der Waals surface area contributed by atoms with Crippen molar-refractivity contribution in [2.75, 3.05) is 4.90 Å². The number of rotatable bonds is 3. The fraction of sp³-hybridized carbons (Fsp3) is 0.235. The lowest BCUT2D eigenvalue weighted by Gasteiger charge is -2.29. The van der Waals surface area contributed by atoms with Crippen molar-refractivity contribution in [3.8, 4) is 11.5 Å². The average molecular weight is 337 g/mol. The van der Waals surface area contributed by atoms with Crippen molar-refractivity contribution in [1.82, 2.24) is 0 Å². The molecule has 2 aromatic carbocycles. The zero-order valence-corrected chi connectivity index (χ0v) is 12.5. The van der Waals surface area contributed by atoms with Crippen LogP contribution in [0.1, 0.15) is 17.5 Å². The van der Waals surface area contributed by atoms with Gasteiger partial charge in [0.25, 0.3) is 0 Å². The molecule has 0 radical (unpaired) electrons. The number of ether oxygens (including phenoxy) is 1. The van der Waals surface area contributed by atoms with E-state index in [1.165, 1.54) is 30.3 Å². The number of phenolic OH excluding ortho intramolecular Hbond substituents is 1. The molecule has 0 saturated heterocycles. The van der Waals surface area contributed by atoms with Crippen molar-refractivity contribution in [3.05, 3.63) is 53.6 Å². The smallest absolute Gasteiger partial charge is 0.508 e. The molecule has 1 heterocycles. The largest absolute Gasteiger partial charge is 0.573 e. The van der Waals surface area contributed by atoms with E-state index in [0.717, 1.165) is 5.56 Å². The van der Waals surface area contributed by atoms with Gasteiger partial charge in [-0.15, -0.1) is 13.2 Å². The lowest BCUT2D eigenvalue weighted by Crippen LogP contribution is -2.34. The Morgan fingerprint density at radius 1 is 1.08 bits per heavy atom. The van der Waals surface area contributed by atoms with Crippen LogP contribution in [-0.2, 0) is 17.8 Å². The second-order valence-electron chi connectivity index (χ2n) is 5.48. The summed E-state index contributed by atoms with van der Waals surface area (Å²) in [4.78, 5) is 13.8. The standard InChI is InChI=1S/C17H14F3NO3/c18-17(19,20)24-14-5-1-11(2-6-14)10-21-15-7-4-13(22)9-12(15)3-8-16(21)23/h1-2,4-7,9,22H,3,8,10H2. The highest BCUT2D eigenvalue weighted by Gasteiger charge is 2.31. The van der Waals surface area contributed by atoms with Crippen molar-refractivity contribution in [2.24, 2.45) is 0 Å². The van der Waals surface area contributed by atoms with Crippen LogP contribution in [0.5, 0.6) is 11.5 Å². The highest BCUT2D eigenvalue weighted by Crippen LogP contribution is 2.32. The molecule has 0 unspecified atom stereocenters. The molecular weight excluding hydrogens is 323 g/mol. The first-order valence-corrected chi connectivity index (χ1v) is 7.29. The van der Waals surface area contributed by atoms with Crippen molar-refractivity contribution in [3.63, 3.8) is 0 Å². The number of carbonyl (C=O) groups is 1. The maximum Gasteiger partial charge on any atom is 0.573 e. The molecule has 3 rings (SSSR count). The van der Waals surface area contributed by atoms with Gasteiger partial charge in [-0.05, 0) is 47.9 Å². The van der Waals surface area contributed by atoms with Crippen molar-refractivity contribution in [1.29, 1.82) is 0 Å². The van der Waals surface area contributed by atoms with Gasteiger partial charge in [-0.3, -0.25) is 4.79 Å². The second kappa shape index (κ2) is 6.07. The fourth-order valence-electron chi connectivity index (χ4n) is 2.70. The van der Waals surface area contributed by atoms with Crippen molar-refractivity contribution < 1.29 is 27.8 Å². The number of benzene rings is 2. The number of nitrogens with zero attached hydrogens (tertiary/aromatic N) is 1. The number of carbonyl (C=O) groups excluding carboxylic acids is 1. The number of anilines is 1. The predicted molar refractivity (Wildman–Crippen MR) is 80.7 cm³/mol. The fourth-order valence-corrected chi connectivity index (χ4v) is 2.70. The second-order valence-corrected chi connectivity index (χ2v) is 5.48. The molecule has 1 N–H and O–H groups in total. The minimum absolute atomic E-state index is 0.0659. The highest BCUT2D eigenvalue weighted by atomic mass is 19.4. The summed E-state index contributed by atoms with van der Waals surface area (Å²) in [7, 11) is 0.